The third-order valence-electron chi connectivity index (χ3n) is 2.29. The zero-order valence-corrected chi connectivity index (χ0v) is 10.7. The van der Waals surface area contributed by atoms with Crippen molar-refractivity contribution < 1.29 is 19.0 Å². The molecule has 1 N–H and O–H groups in total. The maximum Gasteiger partial charge on any atom is 0.306 e. The Balaban J connectivity index is 2.57. The summed E-state index contributed by atoms with van der Waals surface area (Å²) in [7, 11) is 4.42. The molecule has 7 heteroatoms. The Hall–Kier alpha value is -1.89. The van der Waals surface area contributed by atoms with Crippen LogP contribution in [0, 0.1) is 0 Å². The highest BCUT2D eigenvalue weighted by atomic mass is 16.5. The lowest BCUT2D eigenvalue weighted by Gasteiger charge is -2.11. The molecule has 7 nitrogen and oxygen atoms in total. The number of esters is 1. The number of methoxy groups -OCH3 is 3. The van der Waals surface area contributed by atoms with Gasteiger partial charge < -0.3 is 19.5 Å². The van der Waals surface area contributed by atoms with Crippen LogP contribution in [-0.4, -0.2) is 43.8 Å². The minimum absolute atomic E-state index is 0.259. The molecule has 1 rings (SSSR count). The molecule has 0 radical (unpaired) electrons. The Bertz CT molecular complexity index is 376. The van der Waals surface area contributed by atoms with Crippen LogP contribution in [0.2, 0.25) is 0 Å². The fourth-order valence-corrected chi connectivity index (χ4v) is 1.39. The van der Waals surface area contributed by atoms with E-state index in [9.17, 15) is 4.79 Å². The summed E-state index contributed by atoms with van der Waals surface area (Å²) in [5, 5.41) is 3.08. The van der Waals surface area contributed by atoms with Crippen molar-refractivity contribution in [3.05, 3.63) is 11.9 Å². The van der Waals surface area contributed by atoms with Crippen molar-refractivity contribution in [2.75, 3.05) is 27.9 Å². The van der Waals surface area contributed by atoms with E-state index in [0.29, 0.717) is 36.8 Å². The first-order valence-electron chi connectivity index (χ1n) is 5.42. The molecule has 0 saturated heterocycles. The summed E-state index contributed by atoms with van der Waals surface area (Å²) in [5.74, 6) is 0.644. The van der Waals surface area contributed by atoms with E-state index in [-0.39, 0.29) is 5.97 Å². The summed E-state index contributed by atoms with van der Waals surface area (Å²) < 4.78 is 14.8. The van der Waals surface area contributed by atoms with Crippen LogP contribution in [0.25, 0.3) is 0 Å². The summed E-state index contributed by atoms with van der Waals surface area (Å²) in [6.07, 6.45) is 1.67. The second kappa shape index (κ2) is 7.44. The van der Waals surface area contributed by atoms with Gasteiger partial charge in [0.15, 0.2) is 0 Å². The smallest absolute Gasteiger partial charge is 0.306 e. The molecule has 100 valence electrons. The van der Waals surface area contributed by atoms with Crippen LogP contribution < -0.4 is 14.8 Å². The second-order valence-corrected chi connectivity index (χ2v) is 3.37. The normalized spacial score (nSPS) is 9.94. The van der Waals surface area contributed by atoms with E-state index < -0.39 is 0 Å². The number of ether oxygens (including phenoxy) is 3. The first-order valence-corrected chi connectivity index (χ1v) is 5.42. The van der Waals surface area contributed by atoms with Crippen molar-refractivity contribution in [2.45, 2.75) is 13.0 Å². The number of nitrogens with zero attached hydrogens (tertiary/aromatic N) is 2. The van der Waals surface area contributed by atoms with Gasteiger partial charge in [-0.2, -0.15) is 0 Å². The molecule has 1 heterocycles. The summed E-state index contributed by atoms with van der Waals surface area (Å²) in [6, 6.07) is 0. The number of nitrogens with one attached hydrogen (secondary N) is 1. The first-order chi connectivity index (χ1) is 8.72. The summed E-state index contributed by atoms with van der Waals surface area (Å²) in [4.78, 5) is 18.9. The number of carbonyl (C=O) groups is 1. The van der Waals surface area contributed by atoms with Gasteiger partial charge in [-0.1, -0.05) is 0 Å². The molecule has 0 saturated carbocycles. The Kier molecular flexibility index (Phi) is 5.86. The van der Waals surface area contributed by atoms with Crippen LogP contribution in [0.3, 0.4) is 0 Å². The zero-order valence-electron chi connectivity index (χ0n) is 10.7. The van der Waals surface area contributed by atoms with Crippen LogP contribution in [0.4, 0.5) is 0 Å². The van der Waals surface area contributed by atoms with Crippen LogP contribution in [0.5, 0.6) is 11.8 Å². The lowest BCUT2D eigenvalue weighted by molar-refractivity contribution is -0.140. The zero-order chi connectivity index (χ0) is 13.4. The van der Waals surface area contributed by atoms with Crippen molar-refractivity contribution >= 4 is 5.97 Å². The molecule has 0 aliphatic heterocycles. The highest BCUT2D eigenvalue weighted by Gasteiger charge is 2.12. The third kappa shape index (κ3) is 3.85. The van der Waals surface area contributed by atoms with Crippen LogP contribution >= 0.6 is 0 Å². The predicted molar refractivity (Wildman–Crippen MR) is 63.5 cm³/mol. The van der Waals surface area contributed by atoms with Crippen molar-refractivity contribution in [1.82, 2.24) is 15.3 Å². The fraction of sp³-hybridized carbons (Fsp3) is 0.545. The van der Waals surface area contributed by atoms with Gasteiger partial charge in [0.1, 0.15) is 6.33 Å². The largest absolute Gasteiger partial charge is 0.481 e. The Labute approximate surface area is 105 Å². The second-order valence-electron chi connectivity index (χ2n) is 3.37. The first kappa shape index (κ1) is 14.2. The van der Waals surface area contributed by atoms with Gasteiger partial charge >= 0.3 is 5.97 Å². The quantitative estimate of drug-likeness (QED) is 0.548. The Morgan fingerprint density at radius 1 is 1.22 bits per heavy atom. The molecule has 0 bridgehead atoms. The molecule has 0 aliphatic carbocycles. The van der Waals surface area contributed by atoms with E-state index in [1.54, 1.807) is 0 Å². The molecule has 0 aliphatic rings. The van der Waals surface area contributed by atoms with E-state index in [0.717, 1.165) is 0 Å². The number of aromatic nitrogens is 2. The van der Waals surface area contributed by atoms with Gasteiger partial charge in [0.2, 0.25) is 11.8 Å². The summed E-state index contributed by atoms with van der Waals surface area (Å²) in [6.45, 7) is 0.943. The van der Waals surface area contributed by atoms with Gasteiger partial charge in [0.25, 0.3) is 0 Å². The molecule has 0 fully saturated rings. The minimum Gasteiger partial charge on any atom is -0.481 e. The van der Waals surface area contributed by atoms with Gasteiger partial charge in [-0.25, -0.2) is 9.97 Å². The van der Waals surface area contributed by atoms with Crippen LogP contribution in [-0.2, 0) is 16.1 Å². The molecular formula is C11H17N3O4. The average molecular weight is 255 g/mol. The van der Waals surface area contributed by atoms with Gasteiger partial charge in [-0.15, -0.1) is 0 Å². The minimum atomic E-state index is -0.259. The third-order valence-corrected chi connectivity index (χ3v) is 2.29. The molecule has 1 aromatic heterocycles. The number of carbonyl (C=O) groups excluding carboxylic acids is 1. The van der Waals surface area contributed by atoms with E-state index >= 15 is 0 Å². The maximum atomic E-state index is 10.9. The molecule has 0 spiro atoms. The van der Waals surface area contributed by atoms with Gasteiger partial charge in [-0.3, -0.25) is 4.79 Å². The van der Waals surface area contributed by atoms with Crippen molar-refractivity contribution in [1.29, 1.82) is 0 Å². The molecule has 0 amide bonds. The average Bonchev–Trinajstić information content (AvgIpc) is 2.42. The number of rotatable bonds is 7. The highest BCUT2D eigenvalue weighted by molar-refractivity contribution is 5.69. The lowest BCUT2D eigenvalue weighted by atomic mass is 10.3. The van der Waals surface area contributed by atoms with E-state index in [1.165, 1.54) is 27.7 Å². The highest BCUT2D eigenvalue weighted by Crippen LogP contribution is 2.22. The monoisotopic (exact) mass is 255 g/mol. The SMILES string of the molecule is COC(=O)CCNCc1c(OC)ncnc1OC. The standard InChI is InChI=1S/C11H17N3O4/c1-16-9(15)4-5-12-6-8-10(17-2)13-7-14-11(8)18-3/h7,12H,4-6H2,1-3H3. The fourth-order valence-electron chi connectivity index (χ4n) is 1.39. The maximum absolute atomic E-state index is 10.9. The molecule has 0 aromatic carbocycles. The van der Waals surface area contributed by atoms with Gasteiger partial charge in [0, 0.05) is 13.1 Å². The molecular weight excluding hydrogens is 238 g/mol. The lowest BCUT2D eigenvalue weighted by Crippen LogP contribution is -2.19. The van der Waals surface area contributed by atoms with Crippen LogP contribution in [0.15, 0.2) is 6.33 Å². The summed E-state index contributed by atoms with van der Waals surface area (Å²) >= 11 is 0. The van der Waals surface area contributed by atoms with Gasteiger partial charge in [-0.05, 0) is 0 Å². The predicted octanol–water partition coefficient (Wildman–Crippen LogP) is 0.147. The Morgan fingerprint density at radius 3 is 2.33 bits per heavy atom. The number of hydrogen-bond acceptors (Lipinski definition) is 7. The molecule has 0 unspecified atom stereocenters. The van der Waals surface area contributed by atoms with Crippen molar-refractivity contribution in [3.63, 3.8) is 0 Å². The van der Waals surface area contributed by atoms with Crippen molar-refractivity contribution in [3.8, 4) is 11.8 Å². The molecule has 1 aromatic rings. The van der Waals surface area contributed by atoms with Crippen LogP contribution in [0.1, 0.15) is 12.0 Å². The van der Waals surface area contributed by atoms with Gasteiger partial charge in [0.05, 0.1) is 33.3 Å². The van der Waals surface area contributed by atoms with E-state index in [1.807, 2.05) is 0 Å². The molecule has 0 atom stereocenters. The van der Waals surface area contributed by atoms with E-state index in [4.69, 9.17) is 9.47 Å². The summed E-state index contributed by atoms with van der Waals surface area (Å²) in [5.41, 5.74) is 0.715. The number of hydrogen-bond donors (Lipinski definition) is 1. The molecule has 18 heavy (non-hydrogen) atoms. The Morgan fingerprint density at radius 2 is 1.83 bits per heavy atom. The van der Waals surface area contributed by atoms with E-state index in [2.05, 4.69) is 20.0 Å². The topological polar surface area (TPSA) is 82.6 Å². The van der Waals surface area contributed by atoms with Crippen molar-refractivity contribution in [2.24, 2.45) is 0 Å².